The number of amides is 2. The second-order valence-corrected chi connectivity index (χ2v) is 5.22. The smallest absolute Gasteiger partial charge is 0.407 e. The van der Waals surface area contributed by atoms with Crippen molar-refractivity contribution in [2.45, 2.75) is 32.9 Å². The molecule has 0 spiro atoms. The summed E-state index contributed by atoms with van der Waals surface area (Å²) in [4.78, 5) is 22.3. The van der Waals surface area contributed by atoms with Crippen molar-refractivity contribution >= 4 is 12.2 Å². The minimum atomic E-state index is -1.11. The van der Waals surface area contributed by atoms with E-state index in [0.717, 1.165) is 5.56 Å². The fourth-order valence-corrected chi connectivity index (χ4v) is 1.90. The Balaban J connectivity index is 2.41. The van der Waals surface area contributed by atoms with Gasteiger partial charge in [0.2, 0.25) is 0 Å². The number of rotatable bonds is 7. The fourth-order valence-electron chi connectivity index (χ4n) is 1.90. The molecule has 0 aromatic heterocycles. The van der Waals surface area contributed by atoms with Gasteiger partial charge in [-0.2, -0.15) is 0 Å². The highest BCUT2D eigenvalue weighted by atomic mass is 16.5. The van der Waals surface area contributed by atoms with Crippen molar-refractivity contribution < 1.29 is 19.4 Å². The van der Waals surface area contributed by atoms with Crippen molar-refractivity contribution in [2.75, 3.05) is 6.54 Å². The van der Waals surface area contributed by atoms with Gasteiger partial charge in [0.15, 0.2) is 0 Å². The number of ether oxygens (including phenoxy) is 1. The second-order valence-electron chi connectivity index (χ2n) is 5.22. The van der Waals surface area contributed by atoms with Gasteiger partial charge in [-0.3, -0.25) is 0 Å². The largest absolute Gasteiger partial charge is 0.465 e. The molecule has 0 aliphatic carbocycles. The van der Waals surface area contributed by atoms with Gasteiger partial charge in [0.1, 0.15) is 6.61 Å². The van der Waals surface area contributed by atoms with Crippen LogP contribution in [-0.4, -0.2) is 29.9 Å². The lowest BCUT2D eigenvalue weighted by Gasteiger charge is -2.20. The van der Waals surface area contributed by atoms with Crippen LogP contribution < -0.4 is 10.6 Å². The van der Waals surface area contributed by atoms with Crippen molar-refractivity contribution in [2.24, 2.45) is 5.92 Å². The summed E-state index contributed by atoms with van der Waals surface area (Å²) in [5.41, 5.74) is 0.900. The molecule has 2 amide bonds. The number of alkyl carbamates (subject to hydrolysis) is 1. The predicted molar refractivity (Wildman–Crippen MR) is 79.0 cm³/mol. The summed E-state index contributed by atoms with van der Waals surface area (Å²) in [5.74, 6) is 0.333. The Hall–Kier alpha value is -2.24. The summed E-state index contributed by atoms with van der Waals surface area (Å²) in [7, 11) is 0. The molecule has 1 aromatic rings. The Morgan fingerprint density at radius 2 is 1.90 bits per heavy atom. The van der Waals surface area contributed by atoms with Crippen LogP contribution in [0.1, 0.15) is 25.8 Å². The molecule has 0 aliphatic rings. The zero-order chi connectivity index (χ0) is 15.7. The molecule has 1 unspecified atom stereocenters. The highest BCUT2D eigenvalue weighted by molar-refractivity contribution is 5.68. The molecule has 1 atom stereocenters. The molecule has 0 bridgehead atoms. The zero-order valence-electron chi connectivity index (χ0n) is 12.3. The van der Waals surface area contributed by atoms with Gasteiger partial charge in [0.05, 0.1) is 0 Å². The first-order valence-electron chi connectivity index (χ1n) is 6.91. The Bertz CT molecular complexity index is 448. The first-order chi connectivity index (χ1) is 9.97. The monoisotopic (exact) mass is 294 g/mol. The molecule has 0 aliphatic heterocycles. The molecule has 0 saturated carbocycles. The number of hydrogen-bond donors (Lipinski definition) is 3. The number of hydrogen-bond acceptors (Lipinski definition) is 3. The van der Waals surface area contributed by atoms with E-state index in [4.69, 9.17) is 9.84 Å². The maximum atomic E-state index is 11.7. The molecule has 0 fully saturated rings. The average Bonchev–Trinajstić information content (AvgIpc) is 2.43. The minimum absolute atomic E-state index is 0.161. The normalized spacial score (nSPS) is 11.8. The quantitative estimate of drug-likeness (QED) is 0.721. The van der Waals surface area contributed by atoms with E-state index >= 15 is 0 Å². The zero-order valence-corrected chi connectivity index (χ0v) is 12.3. The van der Waals surface area contributed by atoms with Gasteiger partial charge in [0.25, 0.3) is 0 Å². The van der Waals surface area contributed by atoms with E-state index in [9.17, 15) is 9.59 Å². The summed E-state index contributed by atoms with van der Waals surface area (Å²) < 4.78 is 5.12. The van der Waals surface area contributed by atoms with Gasteiger partial charge in [0, 0.05) is 12.6 Å². The molecular weight excluding hydrogens is 272 g/mol. The third-order valence-corrected chi connectivity index (χ3v) is 2.79. The van der Waals surface area contributed by atoms with Gasteiger partial charge >= 0.3 is 12.2 Å². The lowest BCUT2D eigenvalue weighted by Crippen LogP contribution is -2.44. The van der Waals surface area contributed by atoms with E-state index in [1.54, 1.807) is 0 Å². The van der Waals surface area contributed by atoms with Crippen LogP contribution in [0.25, 0.3) is 0 Å². The molecule has 0 radical (unpaired) electrons. The molecule has 21 heavy (non-hydrogen) atoms. The summed E-state index contributed by atoms with van der Waals surface area (Å²) in [6.07, 6.45) is -0.985. The molecule has 1 aromatic carbocycles. The summed E-state index contributed by atoms with van der Waals surface area (Å²) in [6.45, 7) is 4.36. The van der Waals surface area contributed by atoms with Crippen LogP contribution >= 0.6 is 0 Å². The number of carbonyl (C=O) groups excluding carboxylic acids is 1. The van der Waals surface area contributed by atoms with Gasteiger partial charge in [-0.25, -0.2) is 9.59 Å². The lowest BCUT2D eigenvalue weighted by atomic mass is 10.0. The van der Waals surface area contributed by atoms with Crippen LogP contribution in [-0.2, 0) is 11.3 Å². The molecule has 116 valence electrons. The van der Waals surface area contributed by atoms with Gasteiger partial charge in [-0.15, -0.1) is 0 Å². The van der Waals surface area contributed by atoms with Crippen molar-refractivity contribution in [3.8, 4) is 0 Å². The SMILES string of the molecule is CC(C)CC(CNC(=O)O)NC(=O)OCc1ccccc1. The van der Waals surface area contributed by atoms with Crippen LogP contribution in [0.3, 0.4) is 0 Å². The molecule has 0 heterocycles. The summed E-state index contributed by atoms with van der Waals surface area (Å²) >= 11 is 0. The van der Waals surface area contributed by atoms with Crippen LogP contribution in [0.5, 0.6) is 0 Å². The molecule has 3 N–H and O–H groups in total. The number of benzene rings is 1. The Labute approximate surface area is 124 Å². The third kappa shape index (κ3) is 7.81. The third-order valence-electron chi connectivity index (χ3n) is 2.79. The second kappa shape index (κ2) is 8.84. The maximum Gasteiger partial charge on any atom is 0.407 e. The molecule has 6 heteroatoms. The average molecular weight is 294 g/mol. The molecule has 1 rings (SSSR count). The number of carboxylic acid groups (broad SMARTS) is 1. The topological polar surface area (TPSA) is 87.7 Å². The molecular formula is C15H22N2O4. The number of carbonyl (C=O) groups is 2. The van der Waals surface area contributed by atoms with Crippen molar-refractivity contribution in [3.05, 3.63) is 35.9 Å². The van der Waals surface area contributed by atoms with Gasteiger partial charge in [-0.1, -0.05) is 44.2 Å². The Morgan fingerprint density at radius 3 is 2.48 bits per heavy atom. The van der Waals surface area contributed by atoms with E-state index < -0.39 is 12.2 Å². The minimum Gasteiger partial charge on any atom is -0.465 e. The predicted octanol–water partition coefficient (Wildman–Crippen LogP) is 2.60. The first kappa shape index (κ1) is 16.8. The van der Waals surface area contributed by atoms with Crippen molar-refractivity contribution in [3.63, 3.8) is 0 Å². The number of nitrogens with one attached hydrogen (secondary N) is 2. The van der Waals surface area contributed by atoms with E-state index in [0.29, 0.717) is 12.3 Å². The van der Waals surface area contributed by atoms with Gasteiger partial charge < -0.3 is 20.5 Å². The molecule has 0 saturated heterocycles. The summed E-state index contributed by atoms with van der Waals surface area (Å²) in [5, 5.41) is 13.6. The van der Waals surface area contributed by atoms with E-state index in [1.807, 2.05) is 44.2 Å². The summed E-state index contributed by atoms with van der Waals surface area (Å²) in [6, 6.07) is 9.07. The Kier molecular flexibility index (Phi) is 7.08. The van der Waals surface area contributed by atoms with E-state index in [1.165, 1.54) is 0 Å². The van der Waals surface area contributed by atoms with Crippen molar-refractivity contribution in [1.82, 2.24) is 10.6 Å². The van der Waals surface area contributed by atoms with Crippen molar-refractivity contribution in [1.29, 1.82) is 0 Å². The lowest BCUT2D eigenvalue weighted by molar-refractivity contribution is 0.133. The van der Waals surface area contributed by atoms with Crippen LogP contribution in [0, 0.1) is 5.92 Å². The van der Waals surface area contributed by atoms with E-state index in [2.05, 4.69) is 10.6 Å². The highest BCUT2D eigenvalue weighted by Gasteiger charge is 2.15. The maximum absolute atomic E-state index is 11.7. The van der Waals surface area contributed by atoms with Crippen LogP contribution in [0.15, 0.2) is 30.3 Å². The first-order valence-corrected chi connectivity index (χ1v) is 6.91. The van der Waals surface area contributed by atoms with E-state index in [-0.39, 0.29) is 19.2 Å². The van der Waals surface area contributed by atoms with Gasteiger partial charge in [-0.05, 0) is 17.9 Å². The fraction of sp³-hybridized carbons (Fsp3) is 0.467. The molecule has 6 nitrogen and oxygen atoms in total. The Morgan fingerprint density at radius 1 is 1.24 bits per heavy atom. The highest BCUT2D eigenvalue weighted by Crippen LogP contribution is 2.05. The van der Waals surface area contributed by atoms with Crippen LogP contribution in [0.2, 0.25) is 0 Å². The van der Waals surface area contributed by atoms with Crippen LogP contribution in [0.4, 0.5) is 9.59 Å². The standard InChI is InChI=1S/C15H22N2O4/c1-11(2)8-13(9-16-14(18)19)17-15(20)21-10-12-6-4-3-5-7-12/h3-7,11,13,16H,8-10H2,1-2H3,(H,17,20)(H,18,19).